The van der Waals surface area contributed by atoms with E-state index in [0.29, 0.717) is 50.9 Å². The molecule has 0 saturated carbocycles. The number of amides is 4. The van der Waals surface area contributed by atoms with Crippen molar-refractivity contribution in [1.82, 2.24) is 68.7 Å². The zero-order chi connectivity index (χ0) is 96.8. The van der Waals surface area contributed by atoms with Crippen molar-refractivity contribution in [2.75, 3.05) is 39.4 Å². The Morgan fingerprint density at radius 2 is 0.903 bits per heavy atom. The van der Waals surface area contributed by atoms with Gasteiger partial charge in [-0.05, 0) is 201 Å². The van der Waals surface area contributed by atoms with Crippen LogP contribution in [0.4, 0.5) is 0 Å². The topological polar surface area (TPSA) is 299 Å². The normalized spacial score (nSPS) is 17.7. The predicted octanol–water partition coefficient (Wildman–Crippen LogP) is 22.4. The number of carbonyl (C=O) groups excluding carboxylic acids is 4. The molecule has 4 unspecified atom stereocenters. The molecule has 11 aromatic rings. The first-order valence-corrected chi connectivity index (χ1v) is 59.1. The Balaban J connectivity index is 0.000000230. The smallest absolute Gasteiger partial charge is 0.339 e. The molecule has 4 atom stereocenters. The lowest BCUT2D eigenvalue weighted by Crippen LogP contribution is -2.46. The second kappa shape index (κ2) is 54.0. The van der Waals surface area contributed by atoms with Crippen LogP contribution in [0, 0.1) is 35.5 Å². The van der Waals surface area contributed by atoms with Crippen LogP contribution in [0.15, 0.2) is 191 Å². The van der Waals surface area contributed by atoms with Crippen molar-refractivity contribution >= 4 is 193 Å². The van der Waals surface area contributed by atoms with Crippen LogP contribution >= 0.6 is 110 Å². The minimum atomic E-state index is -3.22. The molecule has 24 nitrogen and oxygen atoms in total. The number of halogens is 8. The molecule has 35 heteroatoms. The fraction of sp³-hybridized carbons (Fsp3) is 0.434. The van der Waals surface area contributed by atoms with E-state index in [4.69, 9.17) is 27.2 Å². The van der Waals surface area contributed by atoms with Crippen LogP contribution in [-0.4, -0.2) is 131 Å². The van der Waals surface area contributed by atoms with E-state index in [9.17, 15) is 42.9 Å². The van der Waals surface area contributed by atoms with Crippen molar-refractivity contribution in [3.63, 3.8) is 0 Å². The average Bonchev–Trinajstić information content (AvgIpc) is 1.60. The maximum absolute atomic E-state index is 12.5. The van der Waals surface area contributed by atoms with Crippen LogP contribution in [0.25, 0.3) is 43.6 Å². The number of nitrogens with one attached hydrogen (secondary N) is 3. The summed E-state index contributed by atoms with van der Waals surface area (Å²) >= 11 is 29.7. The molecule has 5 fully saturated rings. The summed E-state index contributed by atoms with van der Waals surface area (Å²) in [6, 6.07) is 45.6. The quantitative estimate of drug-likeness (QED) is 0.0595. The summed E-state index contributed by atoms with van der Waals surface area (Å²) in [5.74, 6) is 14.5. The van der Waals surface area contributed by atoms with Crippen LogP contribution in [0.5, 0.6) is 0 Å². The highest BCUT2D eigenvalue weighted by Crippen LogP contribution is 2.61. The van der Waals surface area contributed by atoms with Crippen LogP contribution in [-0.2, 0) is 60.1 Å². The first-order valence-electron chi connectivity index (χ1n) is 44.4. The van der Waals surface area contributed by atoms with Gasteiger partial charge in [0.1, 0.15) is 42.1 Å². The third-order valence-corrected chi connectivity index (χ3v) is 25.7. The molecule has 5 saturated heterocycles. The molecule has 0 aliphatic carbocycles. The van der Waals surface area contributed by atoms with E-state index < -0.39 is 20.8 Å². The van der Waals surface area contributed by atoms with E-state index in [-0.39, 0.29) is 76.5 Å². The number of nitrogens with zero attached hydrogens (tertiary/aromatic N) is 11. The molecule has 3 N–H and O–H groups in total. The highest BCUT2D eigenvalue weighted by molar-refractivity contribution is 9.11. The van der Waals surface area contributed by atoms with E-state index in [1.165, 1.54) is 12.8 Å². The van der Waals surface area contributed by atoms with Crippen LogP contribution in [0.1, 0.15) is 198 Å². The second-order valence-electron chi connectivity index (χ2n) is 36.0. The summed E-state index contributed by atoms with van der Waals surface area (Å²) in [4.78, 5) is 118. The number of ether oxygens (including phenoxy) is 1. The van der Waals surface area contributed by atoms with Crippen molar-refractivity contribution < 1.29 is 28.5 Å². The van der Waals surface area contributed by atoms with Gasteiger partial charge in [-0.3, -0.25) is 61.2 Å². The Morgan fingerprint density at radius 3 is 1.20 bits per heavy atom. The van der Waals surface area contributed by atoms with Gasteiger partial charge in [-0.1, -0.05) is 210 Å². The molecule has 4 amide bonds. The monoisotopic (exact) mass is 2170 g/mol. The second-order valence-corrected chi connectivity index (χ2v) is 57.8. The number of aromatic nitrogens is 10. The molecule has 6 aromatic heterocycles. The van der Waals surface area contributed by atoms with Crippen LogP contribution < -0.4 is 38.2 Å². The Labute approximate surface area is 839 Å². The zero-order valence-corrected chi connectivity index (χ0v) is 89.4. The SMILES string of the molecule is C.C#Cc1ccccn1.C1CCOC1.CC1(C)CCNC1=O.CC1(C)CCn2c1nc1cc(Br)ccc1c2=O.CC1CCNC1=O.CC1CCn2c1nc1cc(Br)ccc1c2=O.CC1CCn2c1nc1cc(Br)ccc1c2=O.CC1CCn2c1nc1cc(C#Cc3ccccn3)ccc1c2=O.C[Si](C)(C)Cl.C[Si](C)(C)N1CCCC1=O.Cl.O=C1CCCN1.O=P(Cl)(Cl)Cl.c1ccccc1. The van der Waals surface area contributed by atoms with E-state index in [1.807, 2.05) is 165 Å². The number of carbonyl (C=O) groups is 4. The third-order valence-electron chi connectivity index (χ3n) is 22.1. The highest BCUT2D eigenvalue weighted by Gasteiger charge is 2.35. The van der Waals surface area contributed by atoms with Crippen molar-refractivity contribution in [2.24, 2.45) is 11.3 Å². The standard InChI is InChI=1S/C19H15N3O.C13H13BrN2O.2C12H11BrN2O.C7H15NOSi.C7H5N.C6H11NO.C6H6.C5H9NO.C4H7NO.C4H8O.C3H9ClSi.CH4.Cl3OP.ClH/c1-13-9-11-22-18(13)21-17-12-14(6-8-16(17)19(22)23)5-7-15-4-2-3-10-20-15;1-13(2)5-6-16-11(17)9-4-3-8(14)7-10(9)15-12(13)16;2*1-7-4-5-15-11(7)14-10-6-8(13)2-3-9(10)12(15)16;1-10(2,3)8-6-4-5-7(8)9;1-2-7-5-3-4-6-8-7;1-6(2)3-4-7-5(6)8;1-2-4-6-5-3-1;1-4-2-3-6-5(4)7;6-4-2-1-3-5-4;1-2-4-5-3-1;1-5(2,3)4;;1-5(2,3)4;/h2-4,6,8,10,12-13H,9,11H2,1H3;3-4,7H,5-6H2,1-2H3;2*2-3,6-7H,4-5H2,1H3;4-6H2,1-3H3;1,3-6H;3-4H2,1-2H3,(H,7,8);1-6H;4H,2-3H2,1H3,(H,6,7);1-3H2,(H,5,6);1-4H2;1-3H3;1H4;;1H. The minimum Gasteiger partial charge on any atom is -0.381 e. The molecular formula is C99H125Br3Cl5N14O10PSi2. The van der Waals surface area contributed by atoms with Gasteiger partial charge in [-0.15, -0.1) is 18.8 Å². The lowest BCUT2D eigenvalue weighted by molar-refractivity contribution is -0.126. The van der Waals surface area contributed by atoms with E-state index in [0.717, 1.165) is 200 Å². The number of rotatable bonds is 1. The molecule has 720 valence electrons. The Bertz CT molecular complexity index is 6050. The van der Waals surface area contributed by atoms with Gasteiger partial charge in [-0.25, -0.2) is 29.9 Å². The van der Waals surface area contributed by atoms with Gasteiger partial charge < -0.3 is 25.3 Å². The molecule has 134 heavy (non-hydrogen) atoms. The number of pyridine rings is 2. The number of hydrogen-bond donors (Lipinski definition) is 3. The third kappa shape index (κ3) is 36.1. The van der Waals surface area contributed by atoms with Gasteiger partial charge in [0.25, 0.3) is 22.2 Å². The molecule has 0 radical (unpaired) electrons. The van der Waals surface area contributed by atoms with Gasteiger partial charge in [0, 0.05) is 144 Å². The first kappa shape index (κ1) is 114. The number of terminal acetylenes is 1. The maximum atomic E-state index is 12.5. The highest BCUT2D eigenvalue weighted by atomic mass is 79.9. The van der Waals surface area contributed by atoms with Crippen molar-refractivity contribution in [3.8, 4) is 24.2 Å². The summed E-state index contributed by atoms with van der Waals surface area (Å²) in [5, 5.41) is 7.74. The van der Waals surface area contributed by atoms with Crippen molar-refractivity contribution in [2.45, 2.75) is 228 Å². The molecular weight excluding hydrogens is 2050 g/mol. The van der Waals surface area contributed by atoms with E-state index in [2.05, 4.69) is 219 Å². The molecule has 9 aliphatic rings. The molecule has 0 spiro atoms. The largest absolute Gasteiger partial charge is 0.381 e. The summed E-state index contributed by atoms with van der Waals surface area (Å²) in [7, 11) is -2.44. The fourth-order valence-electron chi connectivity index (χ4n) is 14.7. The molecule has 15 heterocycles. The predicted molar refractivity (Wildman–Crippen MR) is 566 cm³/mol. The van der Waals surface area contributed by atoms with E-state index in [1.54, 1.807) is 32.2 Å². The first-order chi connectivity index (χ1) is 62.3. The minimum absolute atomic E-state index is 0. The van der Waals surface area contributed by atoms with Crippen LogP contribution in [0.3, 0.4) is 0 Å². The lowest BCUT2D eigenvalue weighted by atomic mass is 9.91. The Hall–Kier alpha value is -8.53. The number of benzene rings is 5. The van der Waals surface area contributed by atoms with Crippen molar-refractivity contribution in [3.05, 3.63) is 253 Å². The molecule has 5 aromatic carbocycles. The molecule has 20 rings (SSSR count). The number of fused-ring (bicyclic) bond motifs is 8. The van der Waals surface area contributed by atoms with Crippen molar-refractivity contribution in [1.29, 1.82) is 0 Å². The summed E-state index contributed by atoms with van der Waals surface area (Å²) in [6.45, 7) is 38.2. The fourth-order valence-corrected chi connectivity index (χ4v) is 17.4. The molecule has 0 bridgehead atoms. The lowest BCUT2D eigenvalue weighted by Gasteiger charge is -2.29. The summed E-state index contributed by atoms with van der Waals surface area (Å²) < 4.78 is 26.7. The maximum Gasteiger partial charge on any atom is 0.339 e. The number of hydrogen-bond acceptors (Lipinski definition) is 16. The summed E-state index contributed by atoms with van der Waals surface area (Å²) in [6.07, 6.45) is 20.6. The Morgan fingerprint density at radius 1 is 0.478 bits per heavy atom. The van der Waals surface area contributed by atoms with Gasteiger partial charge in [0.2, 0.25) is 23.6 Å². The molecule has 9 aliphatic heterocycles. The Kier molecular flexibility index (Phi) is 46.0. The van der Waals surface area contributed by atoms with Gasteiger partial charge in [0.15, 0.2) is 8.24 Å². The van der Waals surface area contributed by atoms with Gasteiger partial charge in [-0.2, -0.15) is 11.1 Å². The van der Waals surface area contributed by atoms with Gasteiger partial charge in [0.05, 0.1) is 43.6 Å². The van der Waals surface area contributed by atoms with E-state index >= 15 is 0 Å². The summed E-state index contributed by atoms with van der Waals surface area (Å²) in [5.41, 5.74) is 5.57. The average molecular weight is 2180 g/mol. The van der Waals surface area contributed by atoms with Crippen LogP contribution in [0.2, 0.25) is 39.3 Å². The zero-order valence-electron chi connectivity index (χ0n) is 78.0. The van der Waals surface area contributed by atoms with Gasteiger partial charge >= 0.3 is 5.20 Å².